The fraction of sp³-hybridized carbons (Fsp3) is 0.130. The maximum absolute atomic E-state index is 14.9. The van der Waals surface area contributed by atoms with Gasteiger partial charge in [-0.2, -0.15) is 0 Å². The molecule has 31 heavy (non-hydrogen) atoms. The number of aliphatic hydroxyl groups is 1. The smallest absolute Gasteiger partial charge is 0.295 e. The van der Waals surface area contributed by atoms with Crippen LogP contribution in [0.25, 0.3) is 5.76 Å². The lowest BCUT2D eigenvalue weighted by molar-refractivity contribution is -0.140. The van der Waals surface area contributed by atoms with Crippen LogP contribution in [0.4, 0.5) is 4.39 Å². The summed E-state index contributed by atoms with van der Waals surface area (Å²) in [6.45, 7) is 0.0759. The number of carbonyl (C=O) groups excluding carboxylic acids is 2. The summed E-state index contributed by atoms with van der Waals surface area (Å²) in [5.41, 5.74) is 0.0112. The minimum Gasteiger partial charge on any atom is -0.507 e. The Morgan fingerprint density at radius 3 is 2.65 bits per heavy atom. The number of halogens is 2. The molecule has 1 amide bonds. The number of carbonyl (C=O) groups is 2. The van der Waals surface area contributed by atoms with E-state index in [1.54, 1.807) is 18.2 Å². The third-order valence-corrected chi connectivity index (χ3v) is 6.25. The first-order valence-corrected chi connectivity index (χ1v) is 10.6. The molecule has 4 rings (SSSR count). The first-order chi connectivity index (χ1) is 14.9. The van der Waals surface area contributed by atoms with Crippen LogP contribution in [0.2, 0.25) is 5.02 Å². The highest BCUT2D eigenvalue weighted by Crippen LogP contribution is 2.44. The van der Waals surface area contributed by atoms with Gasteiger partial charge in [-0.05, 0) is 35.7 Å². The van der Waals surface area contributed by atoms with E-state index in [0.29, 0.717) is 5.75 Å². The van der Waals surface area contributed by atoms with Crippen LogP contribution in [-0.2, 0) is 16.1 Å². The number of methoxy groups -OCH3 is 1. The Labute approximate surface area is 187 Å². The van der Waals surface area contributed by atoms with Gasteiger partial charge in [0, 0.05) is 21.0 Å². The van der Waals surface area contributed by atoms with Crippen LogP contribution in [0.3, 0.4) is 0 Å². The topological polar surface area (TPSA) is 66.8 Å². The fourth-order valence-electron chi connectivity index (χ4n) is 3.61. The van der Waals surface area contributed by atoms with E-state index >= 15 is 0 Å². The molecule has 0 saturated carbocycles. The van der Waals surface area contributed by atoms with E-state index in [2.05, 4.69) is 0 Å². The van der Waals surface area contributed by atoms with E-state index in [9.17, 15) is 19.1 Å². The van der Waals surface area contributed by atoms with Crippen molar-refractivity contribution in [3.63, 3.8) is 0 Å². The number of ketones is 1. The van der Waals surface area contributed by atoms with Gasteiger partial charge in [-0.15, -0.1) is 11.3 Å². The molecule has 0 aliphatic carbocycles. The zero-order valence-corrected chi connectivity index (χ0v) is 17.9. The number of likely N-dealkylation sites (tertiary alicyclic amines) is 1. The van der Waals surface area contributed by atoms with E-state index in [1.807, 2.05) is 17.5 Å². The first kappa shape index (κ1) is 21.1. The number of Topliss-reactive ketones (excluding diaryl/α,β-unsaturated/α-hetero) is 1. The number of thiophene rings is 1. The molecule has 1 aromatic heterocycles. The van der Waals surface area contributed by atoms with Gasteiger partial charge in [0.1, 0.15) is 17.3 Å². The number of ether oxygens (including phenoxy) is 1. The number of amides is 1. The zero-order valence-electron chi connectivity index (χ0n) is 16.3. The minimum absolute atomic E-state index is 0.0376. The SMILES string of the molecule is COc1cccc(/C(O)=C2\C(=O)C(=O)N(Cc3cccs3)C2c2c(F)cccc2Cl)c1. The quantitative estimate of drug-likeness (QED) is 0.326. The Balaban J connectivity index is 1.93. The van der Waals surface area contributed by atoms with Crippen molar-refractivity contribution in [3.05, 3.63) is 92.4 Å². The molecule has 158 valence electrons. The number of nitrogens with zero attached hydrogens (tertiary/aromatic N) is 1. The Kier molecular flexibility index (Phi) is 5.80. The van der Waals surface area contributed by atoms with Gasteiger partial charge in [-0.1, -0.05) is 35.9 Å². The van der Waals surface area contributed by atoms with Gasteiger partial charge in [0.2, 0.25) is 0 Å². The standard InChI is InChI=1S/C23H17ClFNO4S/c1-30-14-6-2-5-13(11-14)21(27)19-20(18-16(24)8-3-9-17(18)25)26(23(29)22(19)28)12-15-7-4-10-31-15/h2-11,20,27H,12H2,1H3/b21-19+. The van der Waals surface area contributed by atoms with Crippen molar-refractivity contribution in [1.82, 2.24) is 4.90 Å². The van der Waals surface area contributed by atoms with E-state index in [4.69, 9.17) is 16.3 Å². The summed E-state index contributed by atoms with van der Waals surface area (Å²) in [5.74, 6) is -2.37. The highest BCUT2D eigenvalue weighted by atomic mass is 35.5. The normalized spacial score (nSPS) is 17.9. The molecule has 0 bridgehead atoms. The molecule has 0 radical (unpaired) electrons. The lowest BCUT2D eigenvalue weighted by Crippen LogP contribution is -2.29. The summed E-state index contributed by atoms with van der Waals surface area (Å²) in [5, 5.41) is 12.9. The highest BCUT2D eigenvalue weighted by molar-refractivity contribution is 7.09. The van der Waals surface area contributed by atoms with E-state index in [1.165, 1.54) is 47.6 Å². The molecule has 1 fully saturated rings. The maximum Gasteiger partial charge on any atom is 0.295 e. The van der Waals surface area contributed by atoms with E-state index in [-0.39, 0.29) is 28.3 Å². The monoisotopic (exact) mass is 457 g/mol. The van der Waals surface area contributed by atoms with Crippen molar-refractivity contribution >= 4 is 40.4 Å². The second-order valence-electron chi connectivity index (χ2n) is 6.87. The third kappa shape index (κ3) is 3.82. The van der Waals surface area contributed by atoms with Crippen molar-refractivity contribution in [2.45, 2.75) is 12.6 Å². The summed E-state index contributed by atoms with van der Waals surface area (Å²) < 4.78 is 20.1. The van der Waals surface area contributed by atoms with Gasteiger partial charge in [0.25, 0.3) is 11.7 Å². The molecule has 1 N–H and O–H groups in total. The second-order valence-corrected chi connectivity index (χ2v) is 8.31. The molecule has 0 spiro atoms. The van der Waals surface area contributed by atoms with Crippen LogP contribution >= 0.6 is 22.9 Å². The van der Waals surface area contributed by atoms with Crippen molar-refractivity contribution in [2.75, 3.05) is 7.11 Å². The van der Waals surface area contributed by atoms with Gasteiger partial charge in [0.05, 0.1) is 25.3 Å². The van der Waals surface area contributed by atoms with Crippen molar-refractivity contribution in [3.8, 4) is 5.75 Å². The summed E-state index contributed by atoms with van der Waals surface area (Å²) >= 11 is 7.71. The molecular weight excluding hydrogens is 441 g/mol. The lowest BCUT2D eigenvalue weighted by atomic mass is 9.94. The van der Waals surface area contributed by atoms with Crippen LogP contribution in [0, 0.1) is 5.82 Å². The molecule has 1 aliphatic heterocycles. The van der Waals surface area contributed by atoms with Crippen LogP contribution < -0.4 is 4.74 Å². The fourth-order valence-corrected chi connectivity index (χ4v) is 4.58. The van der Waals surface area contributed by atoms with Gasteiger partial charge >= 0.3 is 0 Å². The average Bonchev–Trinajstić information content (AvgIpc) is 3.36. The van der Waals surface area contributed by atoms with Gasteiger partial charge in [-0.25, -0.2) is 4.39 Å². The minimum atomic E-state index is -1.18. The molecule has 1 atom stereocenters. The summed E-state index contributed by atoms with van der Waals surface area (Å²) in [4.78, 5) is 28.0. The maximum atomic E-state index is 14.9. The van der Waals surface area contributed by atoms with Crippen molar-refractivity contribution < 1.29 is 23.8 Å². The lowest BCUT2D eigenvalue weighted by Gasteiger charge is -2.26. The number of hydrogen-bond donors (Lipinski definition) is 1. The first-order valence-electron chi connectivity index (χ1n) is 9.31. The molecule has 5 nitrogen and oxygen atoms in total. The Morgan fingerprint density at radius 2 is 1.97 bits per heavy atom. The highest BCUT2D eigenvalue weighted by Gasteiger charge is 2.47. The van der Waals surface area contributed by atoms with E-state index < -0.39 is 29.3 Å². The number of aliphatic hydroxyl groups excluding tert-OH is 1. The predicted octanol–water partition coefficient (Wildman–Crippen LogP) is 5.17. The second kappa shape index (κ2) is 8.53. The van der Waals surface area contributed by atoms with Gasteiger partial charge in [-0.3, -0.25) is 9.59 Å². The average molecular weight is 458 g/mol. The van der Waals surface area contributed by atoms with Crippen molar-refractivity contribution in [2.24, 2.45) is 0 Å². The van der Waals surface area contributed by atoms with Gasteiger partial charge in [0.15, 0.2) is 0 Å². The number of hydrogen-bond acceptors (Lipinski definition) is 5. The van der Waals surface area contributed by atoms with Crippen LogP contribution in [-0.4, -0.2) is 28.8 Å². The molecule has 2 heterocycles. The van der Waals surface area contributed by atoms with Crippen LogP contribution in [0.1, 0.15) is 22.0 Å². The van der Waals surface area contributed by atoms with Crippen LogP contribution in [0.5, 0.6) is 5.75 Å². The van der Waals surface area contributed by atoms with Gasteiger partial charge < -0.3 is 14.7 Å². The van der Waals surface area contributed by atoms with E-state index in [0.717, 1.165) is 4.88 Å². The third-order valence-electron chi connectivity index (χ3n) is 5.06. The van der Waals surface area contributed by atoms with Crippen molar-refractivity contribution in [1.29, 1.82) is 0 Å². The Bertz CT molecular complexity index is 1170. The summed E-state index contributed by atoms with van der Waals surface area (Å²) in [6.07, 6.45) is 0. The Hall–Kier alpha value is -3.16. The summed E-state index contributed by atoms with van der Waals surface area (Å²) in [7, 11) is 1.47. The molecule has 1 unspecified atom stereocenters. The zero-order chi connectivity index (χ0) is 22.1. The molecular formula is C23H17ClFNO4S. The predicted molar refractivity (Wildman–Crippen MR) is 117 cm³/mol. The largest absolute Gasteiger partial charge is 0.507 e. The van der Waals surface area contributed by atoms with Crippen LogP contribution in [0.15, 0.2) is 65.6 Å². The number of benzene rings is 2. The molecule has 1 aliphatic rings. The Morgan fingerprint density at radius 1 is 1.19 bits per heavy atom. The summed E-state index contributed by atoms with van der Waals surface area (Å²) in [6, 6.07) is 13.0. The molecule has 2 aromatic carbocycles. The molecule has 3 aromatic rings. The number of rotatable bonds is 5. The molecule has 1 saturated heterocycles. The molecule has 8 heteroatoms.